The molecule has 0 radical (unpaired) electrons. The Kier molecular flexibility index (Phi) is 9.62. The second kappa shape index (κ2) is 17.0. The Morgan fingerprint density at radius 1 is 0.405 bits per heavy atom. The molecular weight excluding hydrogens is 894 g/mol. The van der Waals surface area contributed by atoms with Gasteiger partial charge in [-0.2, -0.15) is 0 Å². The quantitative estimate of drug-likeness (QED) is 0.154. The molecule has 3 nitrogen and oxygen atoms in total. The average molecular weight is 967 g/mol. The van der Waals surface area contributed by atoms with Gasteiger partial charge in [-0.1, -0.05) is 210 Å². The van der Waals surface area contributed by atoms with E-state index >= 15 is 0 Å². The van der Waals surface area contributed by atoms with Crippen LogP contribution < -0.4 is 26.2 Å². The van der Waals surface area contributed by atoms with Crippen LogP contribution in [-0.4, -0.2) is 11.3 Å². The maximum absolute atomic E-state index is 9.58. The largest absolute Gasteiger partial charge is 0.311 e. The Morgan fingerprint density at radius 2 is 0.946 bits per heavy atom. The van der Waals surface area contributed by atoms with Crippen LogP contribution >= 0.6 is 0 Å². The van der Waals surface area contributed by atoms with Crippen molar-refractivity contribution in [3.8, 4) is 27.9 Å². The van der Waals surface area contributed by atoms with Crippen LogP contribution in [0.4, 0.5) is 34.1 Å². The summed E-state index contributed by atoms with van der Waals surface area (Å²) >= 11 is 0. The van der Waals surface area contributed by atoms with Crippen molar-refractivity contribution in [2.75, 3.05) is 9.80 Å². The zero-order valence-corrected chi connectivity index (χ0v) is 45.0. The summed E-state index contributed by atoms with van der Waals surface area (Å²) in [5.74, 6) is 0. The zero-order valence-electron chi connectivity index (χ0n) is 50.0. The molecule has 0 spiro atoms. The van der Waals surface area contributed by atoms with Crippen LogP contribution in [0.5, 0.6) is 0 Å². The van der Waals surface area contributed by atoms with Crippen LogP contribution in [0.15, 0.2) is 194 Å². The third-order valence-electron chi connectivity index (χ3n) is 15.7. The van der Waals surface area contributed by atoms with Gasteiger partial charge in [0.05, 0.1) is 23.7 Å². The molecule has 0 N–H and O–H groups in total. The molecule has 0 bridgehead atoms. The maximum Gasteiger partial charge on any atom is 0.252 e. The maximum atomic E-state index is 9.58. The third kappa shape index (κ3) is 7.88. The van der Waals surface area contributed by atoms with Crippen molar-refractivity contribution >= 4 is 79.0 Å². The summed E-state index contributed by atoms with van der Waals surface area (Å²) in [7, 11) is 0. The van der Waals surface area contributed by atoms with E-state index in [1.54, 1.807) is 0 Å². The van der Waals surface area contributed by atoms with E-state index in [-0.39, 0.29) is 58.1 Å². The highest BCUT2D eigenvalue weighted by Crippen LogP contribution is 2.49. The van der Waals surface area contributed by atoms with Gasteiger partial charge in [-0.05, 0) is 144 Å². The number of nitrogens with zero attached hydrogens (tertiary/aromatic N) is 3. The van der Waals surface area contributed by atoms with Gasteiger partial charge in [0, 0.05) is 50.3 Å². The van der Waals surface area contributed by atoms with Crippen LogP contribution in [0.25, 0.3) is 49.7 Å². The highest BCUT2D eigenvalue weighted by atomic mass is 15.2. The summed E-state index contributed by atoms with van der Waals surface area (Å²) < 4.78 is 48.5. The molecule has 0 fully saturated rings. The molecule has 3 heterocycles. The van der Waals surface area contributed by atoms with E-state index in [4.69, 9.17) is 4.11 Å². The lowest BCUT2D eigenvalue weighted by atomic mass is 9.33. The predicted octanol–water partition coefficient (Wildman–Crippen LogP) is 17.4. The number of hydrogen-bond acceptors (Lipinski definition) is 2. The molecule has 0 unspecified atom stereocenters. The number of hydrogen-bond donors (Lipinski definition) is 0. The molecule has 0 saturated heterocycles. The Bertz CT molecular complexity index is 4030. The molecule has 1 aromatic heterocycles. The average Bonchev–Trinajstić information content (AvgIpc) is 2.79. The van der Waals surface area contributed by atoms with E-state index in [0.29, 0.717) is 5.56 Å². The van der Waals surface area contributed by atoms with Crippen molar-refractivity contribution < 1.29 is 6.85 Å². The molecule has 0 aliphatic carbocycles. The van der Waals surface area contributed by atoms with E-state index in [2.05, 4.69) is 261 Å². The van der Waals surface area contributed by atoms with Crippen molar-refractivity contribution in [3.63, 3.8) is 0 Å². The van der Waals surface area contributed by atoms with E-state index in [9.17, 15) is 2.74 Å². The first-order valence-corrected chi connectivity index (χ1v) is 26.3. The van der Waals surface area contributed by atoms with Gasteiger partial charge in [-0.3, -0.25) is 0 Å². The zero-order chi connectivity index (χ0) is 56.0. The van der Waals surface area contributed by atoms with Gasteiger partial charge in [-0.15, -0.1) is 0 Å². The minimum atomic E-state index is -0.417. The van der Waals surface area contributed by atoms with Crippen molar-refractivity contribution in [2.24, 2.45) is 0 Å². The Labute approximate surface area is 447 Å². The van der Waals surface area contributed by atoms with Gasteiger partial charge in [0.1, 0.15) is 0 Å². The number of rotatable bonds is 6. The standard InChI is InChI=1S/C70H68BN3/c1-67(2,3)48-27-33-52(34-28-48)72(53-35-29-49(30-36-53)68(4,5)6)54-43-63-65-64(44-54)74-60-26-20-19-25-55(60)57-39-47(45-21-15-13-16-22-45)40-59(66(57)74)71(65)58-42-51(70(10,11)12)32-38-62(58)73(63)61-37-31-50(69(7,8)9)41-56(61)46-23-17-14-18-24-46/h13-44H,1-12H3/i14D,17D,18D,23D,24D. The van der Waals surface area contributed by atoms with E-state index in [1.165, 1.54) is 38.4 Å². The fourth-order valence-electron chi connectivity index (χ4n) is 11.6. The number of fused-ring (bicyclic) bond motifs is 7. The molecule has 0 saturated carbocycles. The molecule has 4 heteroatoms. The Hall–Kier alpha value is -7.56. The molecular formula is C70H68BN3. The SMILES string of the molecule is [2H]c1c([2H])c([2H])c(-c2cc(C(C)(C)C)ccc2N2c3ccc(C(C)(C)C)cc3B3c4c2cc(N(c2ccc(C(C)(C)C)cc2)c2ccc(C(C)(C)C)cc2)cc4-n2c4ccccc4c4cc(-c5ccccc5)cc3c42)c([2H])c1[2H]. The summed E-state index contributed by atoms with van der Waals surface area (Å²) in [5, 5.41) is 2.36. The van der Waals surface area contributed by atoms with Crippen LogP contribution in [0.3, 0.4) is 0 Å². The second-order valence-corrected chi connectivity index (χ2v) is 24.8. The second-order valence-electron chi connectivity index (χ2n) is 24.8. The lowest BCUT2D eigenvalue weighted by molar-refractivity contribution is 0.590. The molecule has 2 aliphatic rings. The number of aromatic nitrogens is 1. The Balaban J connectivity index is 1.27. The topological polar surface area (TPSA) is 11.4 Å². The van der Waals surface area contributed by atoms with E-state index in [0.717, 1.165) is 72.9 Å². The molecule has 12 rings (SSSR count). The van der Waals surface area contributed by atoms with Gasteiger partial charge in [-0.25, -0.2) is 0 Å². The van der Waals surface area contributed by atoms with Crippen LogP contribution in [0.1, 0.15) is 112 Å². The molecule has 74 heavy (non-hydrogen) atoms. The van der Waals surface area contributed by atoms with Gasteiger partial charge in [0.25, 0.3) is 6.71 Å². The van der Waals surface area contributed by atoms with Crippen molar-refractivity contribution in [1.29, 1.82) is 0 Å². The molecule has 0 atom stereocenters. The summed E-state index contributed by atoms with van der Waals surface area (Å²) in [5.41, 5.74) is 19.4. The predicted molar refractivity (Wildman–Crippen MR) is 320 cm³/mol. The minimum absolute atomic E-state index is 0.0569. The summed E-state index contributed by atoms with van der Waals surface area (Å²) in [4.78, 5) is 4.73. The number of benzene rings is 9. The molecule has 2 aliphatic heterocycles. The lowest BCUT2D eigenvalue weighted by Crippen LogP contribution is -2.60. The highest BCUT2D eigenvalue weighted by Gasteiger charge is 2.44. The van der Waals surface area contributed by atoms with Crippen LogP contribution in [-0.2, 0) is 21.7 Å². The van der Waals surface area contributed by atoms with Crippen LogP contribution in [0.2, 0.25) is 0 Å². The van der Waals surface area contributed by atoms with Crippen LogP contribution in [0, 0.1) is 0 Å². The summed E-state index contributed by atoms with van der Waals surface area (Å²) in [6.07, 6.45) is 0. The normalized spacial score (nSPS) is 14.3. The fourth-order valence-corrected chi connectivity index (χ4v) is 11.6. The van der Waals surface area contributed by atoms with Gasteiger partial charge in [0.15, 0.2) is 0 Å². The van der Waals surface area contributed by atoms with Gasteiger partial charge in [0.2, 0.25) is 0 Å². The van der Waals surface area contributed by atoms with Crippen molar-refractivity contribution in [2.45, 2.75) is 105 Å². The molecule has 0 amide bonds. The van der Waals surface area contributed by atoms with Gasteiger partial charge < -0.3 is 14.4 Å². The minimum Gasteiger partial charge on any atom is -0.311 e. The van der Waals surface area contributed by atoms with E-state index in [1.807, 2.05) is 0 Å². The number of anilines is 6. The first-order valence-electron chi connectivity index (χ1n) is 28.8. The summed E-state index contributed by atoms with van der Waals surface area (Å²) in [6, 6.07) is 58.8. The Morgan fingerprint density at radius 3 is 1.55 bits per heavy atom. The van der Waals surface area contributed by atoms with Crippen molar-refractivity contribution in [1.82, 2.24) is 4.57 Å². The van der Waals surface area contributed by atoms with Crippen molar-refractivity contribution in [3.05, 3.63) is 216 Å². The first kappa shape index (κ1) is 41.9. The molecule has 10 aromatic rings. The molecule has 366 valence electrons. The first-order chi connectivity index (χ1) is 37.3. The van der Waals surface area contributed by atoms with E-state index < -0.39 is 6.04 Å². The monoisotopic (exact) mass is 967 g/mol. The smallest absolute Gasteiger partial charge is 0.252 e. The number of para-hydroxylation sites is 1. The third-order valence-corrected chi connectivity index (χ3v) is 15.7. The highest BCUT2D eigenvalue weighted by molar-refractivity contribution is 7.00. The van der Waals surface area contributed by atoms with Gasteiger partial charge >= 0.3 is 0 Å². The molecule has 9 aromatic carbocycles. The summed E-state index contributed by atoms with van der Waals surface area (Å²) in [6.45, 7) is 26.6. The fraction of sp³-hybridized carbons (Fsp3) is 0.229. The lowest BCUT2D eigenvalue weighted by Gasteiger charge is -2.42.